The van der Waals surface area contributed by atoms with Gasteiger partial charge in [0.15, 0.2) is 11.6 Å². The average molecular weight is 852 g/mol. The molecule has 312 valence electrons. The Hall–Kier alpha value is -5.95. The number of hydrogen-bond donors (Lipinski definition) is 2. The second kappa shape index (κ2) is 19.4. The number of carbonyl (C=O) groups is 3. The first-order valence-electron chi connectivity index (χ1n) is 19.6. The van der Waals surface area contributed by atoms with Gasteiger partial charge in [-0.3, -0.25) is 23.7 Å². The number of ether oxygens (including phenoxy) is 2. The molecule has 0 unspecified atom stereocenters. The summed E-state index contributed by atoms with van der Waals surface area (Å²) in [5.41, 5.74) is 5.28. The third kappa shape index (κ3) is 10.4. The second-order valence-corrected chi connectivity index (χ2v) is 16.2. The first kappa shape index (κ1) is 43.6. The van der Waals surface area contributed by atoms with E-state index >= 15 is 0 Å². The molecule has 12 nitrogen and oxygen atoms in total. The van der Waals surface area contributed by atoms with Crippen LogP contribution in [0.15, 0.2) is 97.1 Å². The van der Waals surface area contributed by atoms with Gasteiger partial charge in [0.25, 0.3) is 17.7 Å². The number of aliphatic hydroxyl groups is 1. The lowest BCUT2D eigenvalue weighted by molar-refractivity contribution is 0.0923. The minimum atomic E-state index is -0.357. The molecule has 0 saturated carbocycles. The molecular formula is C46H48Cl2N6O6. The predicted molar refractivity (Wildman–Crippen MR) is 234 cm³/mol. The Kier molecular flexibility index (Phi) is 14.1. The number of imide groups is 1. The van der Waals surface area contributed by atoms with Crippen LogP contribution < -0.4 is 19.7 Å². The molecule has 2 N–H and O–H groups in total. The Morgan fingerprint density at radius 3 is 1.72 bits per heavy atom. The summed E-state index contributed by atoms with van der Waals surface area (Å²) in [4.78, 5) is 39.2. The van der Waals surface area contributed by atoms with E-state index in [0.717, 1.165) is 38.9 Å². The SMILES string of the molecule is Cc1cc(N2C(=O)c3ccccc3C2=O)nn1Cc1cc(Cl)ccc1OCC(C)C.Cc1cc(NC(=O)c2ccccc2CO)nn1Cc1cc(Cl)ccc1OCC(C)C. The van der Waals surface area contributed by atoms with Gasteiger partial charge in [-0.1, -0.05) is 81.2 Å². The van der Waals surface area contributed by atoms with Crippen molar-refractivity contribution in [2.75, 3.05) is 23.4 Å². The fourth-order valence-corrected chi connectivity index (χ4v) is 6.80. The van der Waals surface area contributed by atoms with E-state index < -0.39 is 0 Å². The van der Waals surface area contributed by atoms with Crippen molar-refractivity contribution in [2.24, 2.45) is 11.8 Å². The molecule has 0 fully saturated rings. The number of aromatic nitrogens is 4. The van der Waals surface area contributed by atoms with Gasteiger partial charge in [0.05, 0.1) is 44.0 Å². The largest absolute Gasteiger partial charge is 0.493 e. The molecule has 1 aliphatic heterocycles. The number of halogens is 2. The lowest BCUT2D eigenvalue weighted by Crippen LogP contribution is -2.29. The van der Waals surface area contributed by atoms with Crippen LogP contribution >= 0.6 is 23.2 Å². The quantitative estimate of drug-likeness (QED) is 0.103. The molecule has 4 aromatic carbocycles. The summed E-state index contributed by atoms with van der Waals surface area (Å²) in [6.45, 7) is 14.0. The van der Waals surface area contributed by atoms with Crippen molar-refractivity contribution in [1.29, 1.82) is 0 Å². The van der Waals surface area contributed by atoms with Crippen LogP contribution in [0.2, 0.25) is 10.0 Å². The number of hydrogen-bond acceptors (Lipinski definition) is 8. The molecule has 2 aromatic heterocycles. The molecule has 14 heteroatoms. The van der Waals surface area contributed by atoms with Crippen molar-refractivity contribution in [2.45, 2.75) is 61.2 Å². The van der Waals surface area contributed by atoms with Gasteiger partial charge in [-0.15, -0.1) is 0 Å². The molecule has 0 atom stereocenters. The molecule has 7 rings (SSSR count). The van der Waals surface area contributed by atoms with E-state index in [0.29, 0.717) is 82.1 Å². The van der Waals surface area contributed by atoms with Gasteiger partial charge in [-0.25, -0.2) is 4.90 Å². The zero-order chi connectivity index (χ0) is 43.1. The monoisotopic (exact) mass is 850 g/mol. The third-order valence-electron chi connectivity index (χ3n) is 9.48. The first-order chi connectivity index (χ1) is 28.7. The van der Waals surface area contributed by atoms with E-state index in [1.165, 1.54) is 0 Å². The Balaban J connectivity index is 0.000000201. The Labute approximate surface area is 359 Å². The minimum absolute atomic E-state index is 0.203. The molecule has 0 spiro atoms. The first-order valence-corrected chi connectivity index (χ1v) is 20.4. The van der Waals surface area contributed by atoms with E-state index in [4.69, 9.17) is 32.7 Å². The fourth-order valence-electron chi connectivity index (χ4n) is 6.41. The highest BCUT2D eigenvalue weighted by Crippen LogP contribution is 2.30. The van der Waals surface area contributed by atoms with Crippen LogP contribution in [0.25, 0.3) is 0 Å². The number of nitrogens with zero attached hydrogens (tertiary/aromatic N) is 5. The summed E-state index contributed by atoms with van der Waals surface area (Å²) in [5.74, 6) is 2.03. The molecule has 60 heavy (non-hydrogen) atoms. The van der Waals surface area contributed by atoms with Gasteiger partial charge < -0.3 is 19.9 Å². The summed E-state index contributed by atoms with van der Waals surface area (Å²) < 4.78 is 15.4. The Bertz CT molecular complexity index is 2480. The van der Waals surface area contributed by atoms with Crippen molar-refractivity contribution in [1.82, 2.24) is 19.6 Å². The second-order valence-electron chi connectivity index (χ2n) is 15.3. The summed E-state index contributed by atoms with van der Waals surface area (Å²) in [7, 11) is 0. The molecule has 0 bridgehead atoms. The number of aryl methyl sites for hydroxylation is 2. The number of rotatable bonds is 14. The number of fused-ring (bicyclic) bond motifs is 1. The van der Waals surface area contributed by atoms with E-state index in [1.807, 2.05) is 38.1 Å². The van der Waals surface area contributed by atoms with E-state index in [9.17, 15) is 19.5 Å². The van der Waals surface area contributed by atoms with E-state index in [2.05, 4.69) is 43.2 Å². The lowest BCUT2D eigenvalue weighted by Gasteiger charge is -2.14. The summed E-state index contributed by atoms with van der Waals surface area (Å²) in [6, 6.07) is 28.3. The molecular weight excluding hydrogens is 803 g/mol. The van der Waals surface area contributed by atoms with Crippen molar-refractivity contribution in [3.8, 4) is 11.5 Å². The van der Waals surface area contributed by atoms with Gasteiger partial charge in [-0.05, 0) is 85.8 Å². The van der Waals surface area contributed by atoms with Crippen molar-refractivity contribution < 1.29 is 29.0 Å². The smallest absolute Gasteiger partial charge is 0.267 e. The molecule has 3 heterocycles. The zero-order valence-corrected chi connectivity index (χ0v) is 35.9. The lowest BCUT2D eigenvalue weighted by atomic mass is 10.1. The van der Waals surface area contributed by atoms with Crippen LogP contribution in [0.4, 0.5) is 11.6 Å². The zero-order valence-electron chi connectivity index (χ0n) is 34.4. The number of amides is 3. The Morgan fingerprint density at radius 2 is 1.18 bits per heavy atom. The molecule has 3 amide bonds. The summed E-state index contributed by atoms with van der Waals surface area (Å²) in [5, 5.41) is 22.5. The fraction of sp³-hybridized carbons (Fsp3) is 0.283. The standard InChI is InChI=1S/C23H22ClN3O3.C23H26ClN3O3/c1-14(2)13-30-20-9-8-17(24)11-16(20)12-26-15(3)10-21(25-26)27-22(28)18-6-4-5-7-19(18)23(27)29;1-15(2)14-30-21-9-8-19(24)11-18(21)12-27-16(3)10-22(26-27)25-23(29)20-7-5-4-6-17(20)13-28/h4-11,14H,12-13H2,1-3H3;4-11,15,28H,12-14H2,1-3H3,(H,25,26,29). The normalized spacial score (nSPS) is 12.2. The topological polar surface area (TPSA) is 141 Å². The maximum Gasteiger partial charge on any atom is 0.267 e. The highest BCUT2D eigenvalue weighted by molar-refractivity contribution is 6.34. The highest BCUT2D eigenvalue weighted by Gasteiger charge is 2.38. The van der Waals surface area contributed by atoms with Crippen molar-refractivity contribution in [3.63, 3.8) is 0 Å². The molecule has 0 radical (unpaired) electrons. The molecule has 0 aliphatic carbocycles. The maximum atomic E-state index is 12.8. The molecule has 0 saturated heterocycles. The molecule has 6 aromatic rings. The third-order valence-corrected chi connectivity index (χ3v) is 9.95. The number of carbonyl (C=O) groups excluding carboxylic acids is 3. The number of benzene rings is 4. The van der Waals surface area contributed by atoms with Gasteiger partial charge in [0.1, 0.15) is 11.5 Å². The van der Waals surface area contributed by atoms with E-state index in [-0.39, 0.29) is 24.3 Å². The number of aliphatic hydroxyl groups excluding tert-OH is 1. The van der Waals surface area contributed by atoms with E-state index in [1.54, 1.807) is 82.2 Å². The molecule has 1 aliphatic rings. The van der Waals surface area contributed by atoms with Crippen LogP contribution in [0, 0.1) is 25.7 Å². The number of anilines is 2. The van der Waals surface area contributed by atoms with Crippen LogP contribution in [0.1, 0.15) is 86.8 Å². The predicted octanol–water partition coefficient (Wildman–Crippen LogP) is 9.40. The van der Waals surface area contributed by atoms with Gasteiger partial charge in [-0.2, -0.15) is 10.2 Å². The Morgan fingerprint density at radius 1 is 0.683 bits per heavy atom. The average Bonchev–Trinajstić information content (AvgIpc) is 3.84. The van der Waals surface area contributed by atoms with Crippen molar-refractivity contribution in [3.05, 3.63) is 152 Å². The van der Waals surface area contributed by atoms with Crippen LogP contribution in [0.3, 0.4) is 0 Å². The van der Waals surface area contributed by atoms with Crippen LogP contribution in [-0.4, -0.2) is 55.6 Å². The summed E-state index contributed by atoms with van der Waals surface area (Å²) in [6.07, 6.45) is 0. The highest BCUT2D eigenvalue weighted by atomic mass is 35.5. The van der Waals surface area contributed by atoms with Crippen LogP contribution in [0.5, 0.6) is 11.5 Å². The van der Waals surface area contributed by atoms with Crippen molar-refractivity contribution >= 4 is 52.6 Å². The van der Waals surface area contributed by atoms with Gasteiger partial charge in [0, 0.05) is 50.3 Å². The maximum absolute atomic E-state index is 12.8. The summed E-state index contributed by atoms with van der Waals surface area (Å²) >= 11 is 12.4. The van der Waals surface area contributed by atoms with Gasteiger partial charge >= 0.3 is 0 Å². The minimum Gasteiger partial charge on any atom is -0.493 e. The number of nitrogens with one attached hydrogen (secondary N) is 1. The van der Waals surface area contributed by atoms with Gasteiger partial charge in [0.2, 0.25) is 0 Å². The van der Waals surface area contributed by atoms with Crippen LogP contribution in [-0.2, 0) is 19.7 Å².